The molecule has 0 fully saturated rings. The summed E-state index contributed by atoms with van der Waals surface area (Å²) in [4.78, 5) is 0. The minimum absolute atomic E-state index is 0.426. The van der Waals surface area contributed by atoms with Crippen molar-refractivity contribution in [3.8, 4) is 5.75 Å². The molecule has 2 aromatic carbocycles. The topological polar surface area (TPSA) is 21.3 Å². The zero-order valence-corrected chi connectivity index (χ0v) is 16.3. The molecule has 0 aliphatic rings. The fourth-order valence-electron chi connectivity index (χ4n) is 1.82. The molecule has 2 rings (SSSR count). The van der Waals surface area contributed by atoms with Crippen molar-refractivity contribution < 1.29 is 4.74 Å². The van der Waals surface area contributed by atoms with Crippen LogP contribution in [-0.2, 0) is 6.54 Å². The van der Waals surface area contributed by atoms with Gasteiger partial charge in [-0.3, -0.25) is 0 Å². The van der Waals surface area contributed by atoms with Gasteiger partial charge in [-0.15, -0.1) is 0 Å². The normalized spacial score (nSPS) is 10.6. The molecule has 0 amide bonds. The fraction of sp³-hybridized carbons (Fsp3) is 0.143. The van der Waals surface area contributed by atoms with E-state index in [9.17, 15) is 0 Å². The lowest BCUT2D eigenvalue weighted by molar-refractivity contribution is 0.407. The number of nitrogens with one attached hydrogen (secondary N) is 1. The number of benzene rings is 2. The lowest BCUT2D eigenvalue weighted by Gasteiger charge is -2.14. The Labute approximate surface area is 155 Å². The molecular weight excluding hydrogens is 464 g/mol. The van der Waals surface area contributed by atoms with E-state index in [-0.39, 0.29) is 0 Å². The second-order valence-electron chi connectivity index (χ2n) is 4.18. The summed E-state index contributed by atoms with van der Waals surface area (Å²) < 4.78 is 7.23. The Morgan fingerprint density at radius 1 is 1.00 bits per heavy atom. The van der Waals surface area contributed by atoms with Gasteiger partial charge in [-0.2, -0.15) is 0 Å². The Kier molecular flexibility index (Phi) is 6.09. The van der Waals surface area contributed by atoms with Crippen LogP contribution in [0.4, 0.5) is 5.69 Å². The molecule has 0 saturated carbocycles. The summed E-state index contributed by atoms with van der Waals surface area (Å²) in [6.07, 6.45) is 0. The number of rotatable bonds is 4. The molecule has 0 aliphatic carbocycles. The van der Waals surface area contributed by atoms with Crippen molar-refractivity contribution in [2.45, 2.75) is 6.54 Å². The summed E-state index contributed by atoms with van der Waals surface area (Å²) in [5.74, 6) is 0.766. The number of ether oxygens (including phenoxy) is 1. The molecule has 0 radical (unpaired) electrons. The number of methoxy groups -OCH3 is 1. The largest absolute Gasteiger partial charge is 0.495 e. The highest BCUT2D eigenvalue weighted by Crippen LogP contribution is 2.35. The lowest BCUT2D eigenvalue weighted by Crippen LogP contribution is -2.03. The third-order valence-electron chi connectivity index (χ3n) is 2.77. The minimum atomic E-state index is 0.426. The van der Waals surface area contributed by atoms with E-state index in [4.69, 9.17) is 39.5 Å². The van der Waals surface area contributed by atoms with Crippen molar-refractivity contribution in [3.05, 3.63) is 53.8 Å². The van der Waals surface area contributed by atoms with Gasteiger partial charge in [0.25, 0.3) is 0 Å². The molecule has 112 valence electrons. The Bertz CT molecular complexity index is 680. The third kappa shape index (κ3) is 4.20. The molecule has 0 saturated heterocycles. The van der Waals surface area contributed by atoms with Crippen molar-refractivity contribution in [3.63, 3.8) is 0 Å². The molecule has 2 aromatic rings. The molecule has 21 heavy (non-hydrogen) atoms. The van der Waals surface area contributed by atoms with Gasteiger partial charge in [-0.05, 0) is 40.2 Å². The van der Waals surface area contributed by atoms with Crippen LogP contribution >= 0.6 is 66.7 Å². The Morgan fingerprint density at radius 2 is 1.67 bits per heavy atom. The Hall–Kier alpha value is -0.130. The number of halogens is 5. The first-order valence-electron chi connectivity index (χ1n) is 5.82. The maximum Gasteiger partial charge on any atom is 0.138 e. The summed E-state index contributed by atoms with van der Waals surface area (Å²) in [6.45, 7) is 0.527. The number of hydrogen-bond donors (Lipinski definition) is 1. The van der Waals surface area contributed by atoms with E-state index in [1.807, 2.05) is 12.1 Å². The maximum absolute atomic E-state index is 6.15. The SMILES string of the molecule is COc1c(Br)cc(Br)cc1CNc1cc(Cl)c(Cl)cc1Cl. The number of anilines is 1. The molecule has 0 heterocycles. The molecule has 0 atom stereocenters. The monoisotopic (exact) mass is 471 g/mol. The van der Waals surface area contributed by atoms with Crippen molar-refractivity contribution in [2.75, 3.05) is 12.4 Å². The van der Waals surface area contributed by atoms with Crippen LogP contribution in [0.25, 0.3) is 0 Å². The molecule has 7 heteroatoms. The van der Waals surface area contributed by atoms with E-state index in [1.54, 1.807) is 19.2 Å². The van der Waals surface area contributed by atoms with Crippen molar-refractivity contribution >= 4 is 72.4 Å². The van der Waals surface area contributed by atoms with Crippen molar-refractivity contribution in [1.82, 2.24) is 0 Å². The van der Waals surface area contributed by atoms with Crippen LogP contribution in [0.1, 0.15) is 5.56 Å². The van der Waals surface area contributed by atoms with Gasteiger partial charge < -0.3 is 10.1 Å². The highest BCUT2D eigenvalue weighted by Gasteiger charge is 2.11. The van der Waals surface area contributed by atoms with Crippen LogP contribution in [0, 0.1) is 0 Å². The quantitative estimate of drug-likeness (QED) is 0.493. The average molecular weight is 474 g/mol. The molecule has 0 aromatic heterocycles. The van der Waals surface area contributed by atoms with Gasteiger partial charge in [0.15, 0.2) is 0 Å². The first-order valence-corrected chi connectivity index (χ1v) is 8.54. The van der Waals surface area contributed by atoms with Crippen LogP contribution in [-0.4, -0.2) is 7.11 Å². The van der Waals surface area contributed by atoms with Crippen LogP contribution in [0.15, 0.2) is 33.2 Å². The summed E-state index contributed by atoms with van der Waals surface area (Å²) in [5.41, 5.74) is 1.69. The first-order chi connectivity index (χ1) is 9.92. The van der Waals surface area contributed by atoms with Crippen molar-refractivity contribution in [1.29, 1.82) is 0 Å². The average Bonchev–Trinajstić information content (AvgIpc) is 2.41. The van der Waals surface area contributed by atoms with E-state index in [2.05, 4.69) is 37.2 Å². The van der Waals surface area contributed by atoms with E-state index in [0.717, 1.165) is 20.3 Å². The zero-order valence-electron chi connectivity index (χ0n) is 10.8. The van der Waals surface area contributed by atoms with Gasteiger partial charge in [0.1, 0.15) is 5.75 Å². The van der Waals surface area contributed by atoms with E-state index >= 15 is 0 Å². The van der Waals surface area contributed by atoms with E-state index < -0.39 is 0 Å². The fourth-order valence-corrected chi connectivity index (χ4v) is 3.91. The molecule has 1 N–H and O–H groups in total. The highest BCUT2D eigenvalue weighted by molar-refractivity contribution is 9.11. The molecular formula is C14H10Br2Cl3NO. The number of hydrogen-bond acceptors (Lipinski definition) is 2. The summed E-state index contributed by atoms with van der Waals surface area (Å²) >= 11 is 25.0. The van der Waals surface area contributed by atoms with Gasteiger partial charge >= 0.3 is 0 Å². The summed E-state index contributed by atoms with van der Waals surface area (Å²) in [5, 5.41) is 4.62. The zero-order chi connectivity index (χ0) is 15.6. The highest BCUT2D eigenvalue weighted by atomic mass is 79.9. The molecule has 2 nitrogen and oxygen atoms in total. The Morgan fingerprint density at radius 3 is 2.33 bits per heavy atom. The van der Waals surface area contributed by atoms with Gasteiger partial charge in [0.2, 0.25) is 0 Å². The first kappa shape index (κ1) is 17.2. The molecule has 0 unspecified atom stereocenters. The van der Waals surface area contributed by atoms with Gasteiger partial charge in [-0.25, -0.2) is 0 Å². The second-order valence-corrected chi connectivity index (χ2v) is 7.17. The molecule has 0 bridgehead atoms. The maximum atomic E-state index is 6.15. The minimum Gasteiger partial charge on any atom is -0.495 e. The van der Waals surface area contributed by atoms with Crippen molar-refractivity contribution in [2.24, 2.45) is 0 Å². The standard InChI is InChI=1S/C14H10Br2Cl3NO/c1-21-14-7(2-8(15)3-9(14)16)6-20-13-5-11(18)10(17)4-12(13)19/h2-5,20H,6H2,1H3. The third-order valence-corrected chi connectivity index (χ3v) is 4.85. The van der Waals surface area contributed by atoms with E-state index in [0.29, 0.717) is 27.3 Å². The van der Waals surface area contributed by atoms with Crippen LogP contribution in [0.5, 0.6) is 5.75 Å². The van der Waals surface area contributed by atoms with Gasteiger partial charge in [0, 0.05) is 16.6 Å². The smallest absolute Gasteiger partial charge is 0.138 e. The molecule has 0 spiro atoms. The van der Waals surface area contributed by atoms with E-state index in [1.165, 1.54) is 0 Å². The van der Waals surface area contributed by atoms with Gasteiger partial charge in [-0.1, -0.05) is 50.7 Å². The summed E-state index contributed by atoms with van der Waals surface area (Å²) in [7, 11) is 1.63. The van der Waals surface area contributed by atoms with Gasteiger partial charge in [0.05, 0.1) is 32.3 Å². The predicted molar refractivity (Wildman–Crippen MR) is 97.2 cm³/mol. The van der Waals surface area contributed by atoms with Crippen LogP contribution in [0.2, 0.25) is 15.1 Å². The second kappa shape index (κ2) is 7.42. The predicted octanol–water partition coefficient (Wildman–Crippen LogP) is 6.79. The molecule has 0 aliphatic heterocycles. The lowest BCUT2D eigenvalue weighted by atomic mass is 10.2. The Balaban J connectivity index is 2.26. The summed E-state index contributed by atoms with van der Waals surface area (Å²) in [6, 6.07) is 7.21. The van der Waals surface area contributed by atoms with Crippen LogP contribution in [0.3, 0.4) is 0 Å². The van der Waals surface area contributed by atoms with Crippen LogP contribution < -0.4 is 10.1 Å².